The van der Waals surface area contributed by atoms with Crippen molar-refractivity contribution in [2.75, 3.05) is 14.2 Å². The van der Waals surface area contributed by atoms with Crippen LogP contribution in [0.1, 0.15) is 32.7 Å². The number of nitrogens with zero attached hydrogens (tertiary/aromatic N) is 3. The monoisotopic (exact) mass is 400 g/mol. The van der Waals surface area contributed by atoms with Gasteiger partial charge in [-0.3, -0.25) is 4.79 Å². The Bertz CT molecular complexity index is 1080. The zero-order chi connectivity index (χ0) is 20.3. The van der Waals surface area contributed by atoms with Crippen LogP contribution in [0.3, 0.4) is 0 Å². The van der Waals surface area contributed by atoms with Crippen molar-refractivity contribution in [3.05, 3.63) is 51.9 Å². The molecule has 1 N–H and O–H groups in total. The van der Waals surface area contributed by atoms with Gasteiger partial charge in [0.25, 0.3) is 5.91 Å². The van der Waals surface area contributed by atoms with Crippen LogP contribution < -0.4 is 10.1 Å². The van der Waals surface area contributed by atoms with Crippen molar-refractivity contribution in [2.24, 2.45) is 0 Å². The Morgan fingerprint density at radius 2 is 2.11 bits per heavy atom. The third-order valence-corrected chi connectivity index (χ3v) is 5.28. The number of ether oxygens (including phenoxy) is 2. The number of aromatic nitrogens is 2. The SMILES string of the molecule is COCc1nc(OC)c2c(C)c(C(=O)NC(C#N)c3ccccc3F)sc2n1. The Labute approximate surface area is 164 Å². The molecular formula is C19H17FN4O3S. The van der Waals surface area contributed by atoms with E-state index < -0.39 is 17.8 Å². The van der Waals surface area contributed by atoms with Crippen molar-refractivity contribution in [1.29, 1.82) is 5.26 Å². The molecule has 0 aliphatic rings. The van der Waals surface area contributed by atoms with Crippen molar-refractivity contribution in [3.8, 4) is 11.9 Å². The molecule has 0 saturated carbocycles. The molecule has 1 aromatic carbocycles. The van der Waals surface area contributed by atoms with Crippen molar-refractivity contribution in [3.63, 3.8) is 0 Å². The molecule has 1 amide bonds. The summed E-state index contributed by atoms with van der Waals surface area (Å²) in [4.78, 5) is 22.4. The average Bonchev–Trinajstić information content (AvgIpc) is 3.03. The summed E-state index contributed by atoms with van der Waals surface area (Å²) in [7, 11) is 3.02. The Morgan fingerprint density at radius 1 is 1.36 bits per heavy atom. The molecule has 0 bridgehead atoms. The van der Waals surface area contributed by atoms with E-state index in [-0.39, 0.29) is 12.2 Å². The summed E-state index contributed by atoms with van der Waals surface area (Å²) in [6.07, 6.45) is 0. The van der Waals surface area contributed by atoms with Crippen LogP contribution in [-0.4, -0.2) is 30.1 Å². The molecule has 7 nitrogen and oxygen atoms in total. The zero-order valence-corrected chi connectivity index (χ0v) is 16.3. The van der Waals surface area contributed by atoms with Crippen LogP contribution in [0.5, 0.6) is 5.88 Å². The van der Waals surface area contributed by atoms with E-state index in [1.54, 1.807) is 13.0 Å². The number of nitrogens with one attached hydrogen (secondary N) is 1. The van der Waals surface area contributed by atoms with Crippen molar-refractivity contribution in [1.82, 2.24) is 15.3 Å². The number of benzene rings is 1. The van der Waals surface area contributed by atoms with Crippen LogP contribution in [0.2, 0.25) is 0 Å². The largest absolute Gasteiger partial charge is 0.480 e. The molecule has 0 spiro atoms. The number of hydrogen-bond donors (Lipinski definition) is 1. The summed E-state index contributed by atoms with van der Waals surface area (Å²) in [5.41, 5.74) is 0.736. The minimum Gasteiger partial charge on any atom is -0.480 e. The van der Waals surface area contributed by atoms with Gasteiger partial charge >= 0.3 is 0 Å². The van der Waals surface area contributed by atoms with Crippen LogP contribution >= 0.6 is 11.3 Å². The number of methoxy groups -OCH3 is 2. The Morgan fingerprint density at radius 3 is 2.75 bits per heavy atom. The molecule has 1 unspecified atom stereocenters. The number of fused-ring (bicyclic) bond motifs is 1. The second kappa shape index (κ2) is 8.29. The summed E-state index contributed by atoms with van der Waals surface area (Å²) in [6, 6.07) is 6.65. The maximum Gasteiger partial charge on any atom is 0.263 e. The molecule has 1 atom stereocenters. The second-order valence-electron chi connectivity index (χ2n) is 5.88. The van der Waals surface area contributed by atoms with Gasteiger partial charge in [0.15, 0.2) is 5.82 Å². The predicted octanol–water partition coefficient (Wildman–Crippen LogP) is 3.29. The van der Waals surface area contributed by atoms with E-state index in [1.165, 1.54) is 32.4 Å². The van der Waals surface area contributed by atoms with Gasteiger partial charge in [-0.25, -0.2) is 9.37 Å². The van der Waals surface area contributed by atoms with Crippen molar-refractivity contribution in [2.45, 2.75) is 19.6 Å². The van der Waals surface area contributed by atoms with E-state index in [2.05, 4.69) is 15.3 Å². The van der Waals surface area contributed by atoms with Gasteiger partial charge in [0.05, 0.1) is 23.4 Å². The Hall–Kier alpha value is -3.09. The minimum absolute atomic E-state index is 0.108. The molecule has 3 rings (SSSR count). The fourth-order valence-electron chi connectivity index (χ4n) is 2.79. The molecule has 0 fully saturated rings. The van der Waals surface area contributed by atoms with Crippen LogP contribution in [0.25, 0.3) is 10.2 Å². The second-order valence-corrected chi connectivity index (χ2v) is 6.87. The first-order valence-corrected chi connectivity index (χ1v) is 9.09. The number of carbonyl (C=O) groups is 1. The number of thiophene rings is 1. The molecule has 0 radical (unpaired) electrons. The first-order valence-electron chi connectivity index (χ1n) is 8.28. The van der Waals surface area contributed by atoms with Gasteiger partial charge in [-0.05, 0) is 18.6 Å². The lowest BCUT2D eigenvalue weighted by Crippen LogP contribution is -2.28. The highest BCUT2D eigenvalue weighted by molar-refractivity contribution is 7.20. The van der Waals surface area contributed by atoms with Gasteiger partial charge in [0, 0.05) is 12.7 Å². The number of amides is 1. The quantitative estimate of drug-likeness (QED) is 0.682. The maximum atomic E-state index is 14.0. The lowest BCUT2D eigenvalue weighted by molar-refractivity contribution is 0.0948. The van der Waals surface area contributed by atoms with Crippen molar-refractivity contribution < 1.29 is 18.7 Å². The first kappa shape index (κ1) is 19.7. The lowest BCUT2D eigenvalue weighted by atomic mass is 10.1. The van der Waals surface area contributed by atoms with Gasteiger partial charge in [0.1, 0.15) is 23.3 Å². The van der Waals surface area contributed by atoms with Gasteiger partial charge in [-0.1, -0.05) is 18.2 Å². The molecule has 0 aliphatic carbocycles. The zero-order valence-electron chi connectivity index (χ0n) is 15.4. The highest BCUT2D eigenvalue weighted by Gasteiger charge is 2.24. The topological polar surface area (TPSA) is 97.1 Å². The molecule has 3 aromatic rings. The molecule has 0 aliphatic heterocycles. The van der Waals surface area contributed by atoms with Crippen LogP contribution in [-0.2, 0) is 11.3 Å². The predicted molar refractivity (Wildman–Crippen MR) is 102 cm³/mol. The van der Waals surface area contributed by atoms with E-state index in [4.69, 9.17) is 9.47 Å². The van der Waals surface area contributed by atoms with Gasteiger partial charge in [-0.2, -0.15) is 10.2 Å². The van der Waals surface area contributed by atoms with E-state index in [0.29, 0.717) is 32.4 Å². The van der Waals surface area contributed by atoms with E-state index >= 15 is 0 Å². The van der Waals surface area contributed by atoms with Gasteiger partial charge < -0.3 is 14.8 Å². The lowest BCUT2D eigenvalue weighted by Gasteiger charge is -2.12. The number of aryl methyl sites for hydroxylation is 1. The Balaban J connectivity index is 1.99. The minimum atomic E-state index is -1.12. The smallest absolute Gasteiger partial charge is 0.263 e. The normalized spacial score (nSPS) is 11.8. The standard InChI is InChI=1S/C19H17FN4O3S/c1-10-15-18(27-3)23-14(9-26-2)24-19(15)28-16(10)17(25)22-13(8-21)11-6-4-5-7-12(11)20/h4-7,13H,9H2,1-3H3,(H,22,25). The van der Waals surface area contributed by atoms with Crippen LogP contribution in [0.15, 0.2) is 24.3 Å². The molecule has 28 heavy (non-hydrogen) atoms. The van der Waals surface area contributed by atoms with Crippen LogP contribution in [0.4, 0.5) is 4.39 Å². The number of halogens is 1. The average molecular weight is 400 g/mol. The maximum absolute atomic E-state index is 14.0. The van der Waals surface area contributed by atoms with E-state index in [1.807, 2.05) is 6.07 Å². The molecule has 144 valence electrons. The fourth-order valence-corrected chi connectivity index (χ4v) is 3.88. The van der Waals surface area contributed by atoms with E-state index in [0.717, 1.165) is 11.3 Å². The van der Waals surface area contributed by atoms with Gasteiger partial charge in [-0.15, -0.1) is 11.3 Å². The third-order valence-electron chi connectivity index (χ3n) is 4.10. The van der Waals surface area contributed by atoms with Crippen molar-refractivity contribution >= 4 is 27.5 Å². The summed E-state index contributed by atoms with van der Waals surface area (Å²) in [5, 5.41) is 12.6. The molecule has 2 heterocycles. The highest BCUT2D eigenvalue weighted by Crippen LogP contribution is 2.35. The van der Waals surface area contributed by atoms with E-state index in [9.17, 15) is 14.4 Å². The third kappa shape index (κ3) is 3.65. The highest BCUT2D eigenvalue weighted by atomic mass is 32.1. The summed E-state index contributed by atoms with van der Waals surface area (Å²) in [6.45, 7) is 1.95. The van der Waals surface area contributed by atoms with Gasteiger partial charge in [0.2, 0.25) is 5.88 Å². The number of carbonyl (C=O) groups excluding carboxylic acids is 1. The fraction of sp³-hybridized carbons (Fsp3) is 0.263. The summed E-state index contributed by atoms with van der Waals surface area (Å²) >= 11 is 1.15. The molecular weight excluding hydrogens is 383 g/mol. The molecule has 0 saturated heterocycles. The molecule has 9 heteroatoms. The number of nitriles is 1. The first-order chi connectivity index (χ1) is 13.5. The Kier molecular flexibility index (Phi) is 5.82. The summed E-state index contributed by atoms with van der Waals surface area (Å²) < 4.78 is 24.4. The molecule has 2 aromatic heterocycles. The van der Waals surface area contributed by atoms with Crippen LogP contribution in [0, 0.1) is 24.1 Å². The summed E-state index contributed by atoms with van der Waals surface area (Å²) in [5.74, 6) is -0.276. The number of rotatable bonds is 6. The number of hydrogen-bond acceptors (Lipinski definition) is 7.